The van der Waals surface area contributed by atoms with Gasteiger partial charge in [-0.15, -0.1) is 11.3 Å². The van der Waals surface area contributed by atoms with Gasteiger partial charge in [-0.05, 0) is 23.9 Å². The summed E-state index contributed by atoms with van der Waals surface area (Å²) in [6, 6.07) is 10.8. The van der Waals surface area contributed by atoms with Crippen LogP contribution in [0.4, 0.5) is 4.79 Å². The molecule has 1 atom stereocenters. The number of imide groups is 1. The van der Waals surface area contributed by atoms with E-state index in [-0.39, 0.29) is 5.91 Å². The van der Waals surface area contributed by atoms with Crippen molar-refractivity contribution in [3.8, 4) is 0 Å². The monoisotopic (exact) mass is 372 g/mol. The predicted molar refractivity (Wildman–Crippen MR) is 99.7 cm³/mol. The van der Waals surface area contributed by atoms with Crippen LogP contribution in [0, 0.1) is 0 Å². The molecule has 2 N–H and O–H groups in total. The Labute approximate surface area is 153 Å². The lowest BCUT2D eigenvalue weighted by Crippen LogP contribution is -2.41. The third-order valence-electron chi connectivity index (χ3n) is 3.37. The molecular formula is C17H16N4O2S2. The number of aromatic nitrogens is 2. The highest BCUT2D eigenvalue weighted by molar-refractivity contribution is 8.00. The van der Waals surface area contributed by atoms with E-state index in [2.05, 4.69) is 20.6 Å². The van der Waals surface area contributed by atoms with Gasteiger partial charge in [-0.1, -0.05) is 42.1 Å². The molecule has 25 heavy (non-hydrogen) atoms. The van der Waals surface area contributed by atoms with Gasteiger partial charge in [0.1, 0.15) is 21.4 Å². The number of rotatable bonds is 5. The molecule has 0 radical (unpaired) electrons. The molecule has 8 heteroatoms. The van der Waals surface area contributed by atoms with Crippen molar-refractivity contribution in [2.45, 2.75) is 17.2 Å². The van der Waals surface area contributed by atoms with Crippen molar-refractivity contribution in [3.05, 3.63) is 53.7 Å². The van der Waals surface area contributed by atoms with Crippen molar-refractivity contribution >= 4 is 45.3 Å². The fourth-order valence-electron chi connectivity index (χ4n) is 2.26. The molecule has 0 saturated carbocycles. The van der Waals surface area contributed by atoms with E-state index in [1.54, 1.807) is 6.92 Å². The Kier molecular flexibility index (Phi) is 5.62. The molecule has 3 rings (SSSR count). The molecule has 0 aliphatic heterocycles. The lowest BCUT2D eigenvalue weighted by Gasteiger charge is -2.16. The van der Waals surface area contributed by atoms with Crippen LogP contribution in [0.15, 0.2) is 53.1 Å². The Bertz CT molecular complexity index is 882. The fraction of sp³-hybridized carbons (Fsp3) is 0.176. The van der Waals surface area contributed by atoms with Gasteiger partial charge < -0.3 is 5.32 Å². The van der Waals surface area contributed by atoms with Crippen LogP contribution in [-0.2, 0) is 4.79 Å². The number of thiophene rings is 1. The summed E-state index contributed by atoms with van der Waals surface area (Å²) in [5.41, 5.74) is 0.802. The second kappa shape index (κ2) is 8.09. The van der Waals surface area contributed by atoms with Gasteiger partial charge >= 0.3 is 6.03 Å². The molecule has 3 aromatic rings. The van der Waals surface area contributed by atoms with Crippen LogP contribution < -0.4 is 10.6 Å². The normalized spacial score (nSPS) is 11.9. The summed E-state index contributed by atoms with van der Waals surface area (Å²) in [5, 5.41) is 7.92. The molecule has 6 nitrogen and oxygen atoms in total. The number of urea groups is 1. The third-order valence-corrected chi connectivity index (χ3v) is 5.46. The Morgan fingerprint density at radius 2 is 2.00 bits per heavy atom. The fourth-order valence-corrected chi connectivity index (χ4v) is 4.14. The van der Waals surface area contributed by atoms with E-state index < -0.39 is 11.3 Å². The van der Waals surface area contributed by atoms with Crippen molar-refractivity contribution < 1.29 is 9.59 Å². The smallest absolute Gasteiger partial charge is 0.321 e. The molecular weight excluding hydrogens is 356 g/mol. The molecule has 0 saturated heterocycles. The number of carbonyl (C=O) groups is 2. The van der Waals surface area contributed by atoms with Crippen LogP contribution in [0.2, 0.25) is 0 Å². The molecule has 0 unspecified atom stereocenters. The first kappa shape index (κ1) is 17.4. The highest BCUT2D eigenvalue weighted by Gasteiger charge is 2.25. The number of hydrogen-bond donors (Lipinski definition) is 2. The summed E-state index contributed by atoms with van der Waals surface area (Å²) < 4.78 is 0. The zero-order valence-corrected chi connectivity index (χ0v) is 15.1. The molecule has 128 valence electrons. The van der Waals surface area contributed by atoms with Crippen LogP contribution in [-0.4, -0.2) is 28.5 Å². The Balaban J connectivity index is 1.90. The Morgan fingerprint density at radius 3 is 2.76 bits per heavy atom. The zero-order valence-electron chi connectivity index (χ0n) is 13.4. The number of carbonyl (C=O) groups excluding carboxylic acids is 2. The third kappa shape index (κ3) is 4.15. The quantitative estimate of drug-likeness (QED) is 0.530. The maximum Gasteiger partial charge on any atom is 0.321 e. The number of fused-ring (bicyclic) bond motifs is 1. The van der Waals surface area contributed by atoms with Gasteiger partial charge in [0.2, 0.25) is 5.91 Å². The lowest BCUT2D eigenvalue weighted by atomic mass is 10.1. The number of hydrogen-bond acceptors (Lipinski definition) is 6. The SMILES string of the molecule is CCNC(=O)NC(=O)[C@@H](Sc1ncnc2sccc12)c1ccccc1. The minimum absolute atomic E-state index is 0.385. The molecule has 0 aliphatic rings. The minimum Gasteiger partial charge on any atom is -0.338 e. The topological polar surface area (TPSA) is 84.0 Å². The molecule has 0 aliphatic carbocycles. The van der Waals surface area contributed by atoms with E-state index in [0.717, 1.165) is 15.8 Å². The standard InChI is InChI=1S/C17H16N4O2S2/c1-2-18-17(23)21-14(22)13(11-6-4-3-5-7-11)25-16-12-8-9-24-15(12)19-10-20-16/h3-10,13H,2H2,1H3,(H2,18,21,22,23)/t13-/m0/s1. The average Bonchev–Trinajstić information content (AvgIpc) is 3.10. The van der Waals surface area contributed by atoms with Crippen molar-refractivity contribution in [1.82, 2.24) is 20.6 Å². The van der Waals surface area contributed by atoms with Gasteiger partial charge in [-0.2, -0.15) is 0 Å². The second-order valence-electron chi connectivity index (χ2n) is 5.08. The highest BCUT2D eigenvalue weighted by Crippen LogP contribution is 2.38. The van der Waals surface area contributed by atoms with Crippen molar-refractivity contribution in [3.63, 3.8) is 0 Å². The summed E-state index contributed by atoms with van der Waals surface area (Å²) in [7, 11) is 0. The van der Waals surface area contributed by atoms with E-state index in [0.29, 0.717) is 11.6 Å². The first-order valence-electron chi connectivity index (χ1n) is 7.67. The Hall–Kier alpha value is -2.45. The van der Waals surface area contributed by atoms with Gasteiger partial charge in [0.15, 0.2) is 0 Å². The number of amides is 3. The first-order chi connectivity index (χ1) is 12.2. The Morgan fingerprint density at radius 1 is 1.20 bits per heavy atom. The van der Waals surface area contributed by atoms with E-state index in [9.17, 15) is 9.59 Å². The minimum atomic E-state index is -0.596. The van der Waals surface area contributed by atoms with Crippen molar-refractivity contribution in [1.29, 1.82) is 0 Å². The zero-order chi connectivity index (χ0) is 17.6. The van der Waals surface area contributed by atoms with Crippen molar-refractivity contribution in [2.75, 3.05) is 6.54 Å². The van der Waals surface area contributed by atoms with E-state index >= 15 is 0 Å². The van der Waals surface area contributed by atoms with E-state index in [4.69, 9.17) is 0 Å². The summed E-state index contributed by atoms with van der Waals surface area (Å²) in [5.74, 6) is -0.385. The molecule has 2 aromatic heterocycles. The van der Waals surface area contributed by atoms with Gasteiger partial charge in [-0.25, -0.2) is 14.8 Å². The van der Waals surface area contributed by atoms with Crippen LogP contribution in [0.1, 0.15) is 17.7 Å². The second-order valence-corrected chi connectivity index (χ2v) is 7.06. The molecule has 3 amide bonds. The van der Waals surface area contributed by atoms with Crippen LogP contribution >= 0.6 is 23.1 Å². The first-order valence-corrected chi connectivity index (χ1v) is 9.43. The van der Waals surface area contributed by atoms with Crippen LogP contribution in [0.5, 0.6) is 0 Å². The predicted octanol–water partition coefficient (Wildman–Crippen LogP) is 3.37. The van der Waals surface area contributed by atoms with Gasteiger partial charge in [0.05, 0.1) is 0 Å². The number of nitrogens with zero attached hydrogens (tertiary/aromatic N) is 2. The van der Waals surface area contributed by atoms with Crippen LogP contribution in [0.25, 0.3) is 10.2 Å². The maximum absolute atomic E-state index is 12.7. The van der Waals surface area contributed by atoms with E-state index in [1.807, 2.05) is 41.8 Å². The number of nitrogens with one attached hydrogen (secondary N) is 2. The maximum atomic E-state index is 12.7. The highest BCUT2D eigenvalue weighted by atomic mass is 32.2. The largest absolute Gasteiger partial charge is 0.338 e. The average molecular weight is 372 g/mol. The van der Waals surface area contributed by atoms with E-state index in [1.165, 1.54) is 29.4 Å². The summed E-state index contributed by atoms with van der Waals surface area (Å²) in [6.45, 7) is 2.24. The summed E-state index contributed by atoms with van der Waals surface area (Å²) in [4.78, 5) is 33.8. The number of thioether (sulfide) groups is 1. The summed E-state index contributed by atoms with van der Waals surface area (Å²) >= 11 is 2.83. The van der Waals surface area contributed by atoms with Crippen LogP contribution in [0.3, 0.4) is 0 Å². The molecule has 0 bridgehead atoms. The summed E-state index contributed by atoms with van der Waals surface area (Å²) in [6.07, 6.45) is 1.49. The van der Waals surface area contributed by atoms with Crippen molar-refractivity contribution in [2.24, 2.45) is 0 Å². The molecule has 0 fully saturated rings. The lowest BCUT2D eigenvalue weighted by molar-refractivity contribution is -0.119. The van der Waals surface area contributed by atoms with Gasteiger partial charge in [0, 0.05) is 11.9 Å². The van der Waals surface area contributed by atoms with Gasteiger partial charge in [0.25, 0.3) is 0 Å². The molecule has 2 heterocycles. The number of benzene rings is 1. The molecule has 0 spiro atoms. The molecule has 1 aromatic carbocycles. The van der Waals surface area contributed by atoms with Gasteiger partial charge in [-0.3, -0.25) is 10.1 Å².